The van der Waals surface area contributed by atoms with Crippen LogP contribution >= 0.6 is 11.6 Å². The Morgan fingerprint density at radius 1 is 1.38 bits per heavy atom. The number of halogens is 2. The van der Waals surface area contributed by atoms with Crippen molar-refractivity contribution in [3.8, 4) is 0 Å². The summed E-state index contributed by atoms with van der Waals surface area (Å²) in [6, 6.07) is 4.21. The molecule has 1 aliphatic rings. The SMILES string of the molecule is O=C(O)NC1CCCC1C(=O)NCc1cccc(Cl)c1F. The minimum atomic E-state index is -1.14. The molecule has 2 amide bonds. The molecule has 0 saturated heterocycles. The lowest BCUT2D eigenvalue weighted by Crippen LogP contribution is -2.43. The van der Waals surface area contributed by atoms with E-state index in [4.69, 9.17) is 16.7 Å². The normalized spacial score (nSPS) is 21.0. The molecule has 114 valence electrons. The van der Waals surface area contributed by atoms with Crippen LogP contribution in [0, 0.1) is 11.7 Å². The summed E-state index contributed by atoms with van der Waals surface area (Å²) in [7, 11) is 0. The van der Waals surface area contributed by atoms with Crippen LogP contribution in [0.4, 0.5) is 9.18 Å². The molecule has 0 aliphatic heterocycles. The summed E-state index contributed by atoms with van der Waals surface area (Å²) in [5, 5.41) is 13.7. The fraction of sp³-hybridized carbons (Fsp3) is 0.429. The van der Waals surface area contributed by atoms with Gasteiger partial charge < -0.3 is 15.7 Å². The minimum Gasteiger partial charge on any atom is -0.465 e. The van der Waals surface area contributed by atoms with Gasteiger partial charge in [0.1, 0.15) is 5.82 Å². The van der Waals surface area contributed by atoms with Crippen molar-refractivity contribution in [3.63, 3.8) is 0 Å². The molecule has 1 aromatic carbocycles. The quantitative estimate of drug-likeness (QED) is 0.799. The van der Waals surface area contributed by atoms with Gasteiger partial charge in [-0.2, -0.15) is 0 Å². The fourth-order valence-electron chi connectivity index (χ4n) is 2.60. The molecule has 1 saturated carbocycles. The van der Waals surface area contributed by atoms with E-state index in [0.29, 0.717) is 18.4 Å². The van der Waals surface area contributed by atoms with Gasteiger partial charge in [-0.25, -0.2) is 9.18 Å². The van der Waals surface area contributed by atoms with Crippen LogP contribution < -0.4 is 10.6 Å². The van der Waals surface area contributed by atoms with Crippen LogP contribution in [-0.2, 0) is 11.3 Å². The second-order valence-electron chi connectivity index (χ2n) is 5.02. The Kier molecular flexibility index (Phi) is 5.01. The Bertz CT molecular complexity index is 553. The van der Waals surface area contributed by atoms with E-state index in [0.717, 1.165) is 6.42 Å². The lowest BCUT2D eigenvalue weighted by molar-refractivity contribution is -0.125. The molecular weight excluding hydrogens is 299 g/mol. The Morgan fingerprint density at radius 2 is 2.14 bits per heavy atom. The molecule has 5 nitrogen and oxygen atoms in total. The van der Waals surface area contributed by atoms with E-state index >= 15 is 0 Å². The third-order valence-electron chi connectivity index (χ3n) is 3.65. The van der Waals surface area contributed by atoms with Crippen molar-refractivity contribution in [2.24, 2.45) is 5.92 Å². The molecule has 21 heavy (non-hydrogen) atoms. The van der Waals surface area contributed by atoms with E-state index in [9.17, 15) is 14.0 Å². The minimum absolute atomic E-state index is 0.00744. The van der Waals surface area contributed by atoms with E-state index in [1.54, 1.807) is 12.1 Å². The molecule has 0 bridgehead atoms. The summed E-state index contributed by atoms with van der Waals surface area (Å²) in [6.07, 6.45) is 0.903. The van der Waals surface area contributed by atoms with Gasteiger partial charge in [-0.05, 0) is 18.9 Å². The van der Waals surface area contributed by atoms with Crippen LogP contribution in [0.15, 0.2) is 18.2 Å². The van der Waals surface area contributed by atoms with Crippen LogP contribution in [0.2, 0.25) is 5.02 Å². The maximum absolute atomic E-state index is 13.7. The molecule has 0 aromatic heterocycles. The van der Waals surface area contributed by atoms with Gasteiger partial charge in [-0.15, -0.1) is 0 Å². The van der Waals surface area contributed by atoms with Crippen LogP contribution in [0.3, 0.4) is 0 Å². The zero-order valence-corrected chi connectivity index (χ0v) is 12.0. The van der Waals surface area contributed by atoms with Crippen LogP contribution in [-0.4, -0.2) is 23.1 Å². The zero-order chi connectivity index (χ0) is 15.4. The van der Waals surface area contributed by atoms with Gasteiger partial charge in [-0.1, -0.05) is 30.2 Å². The van der Waals surface area contributed by atoms with Crippen molar-refractivity contribution >= 4 is 23.6 Å². The van der Waals surface area contributed by atoms with Crippen molar-refractivity contribution in [2.75, 3.05) is 0 Å². The number of nitrogens with one attached hydrogen (secondary N) is 2. The third kappa shape index (κ3) is 3.85. The van der Waals surface area contributed by atoms with Crippen molar-refractivity contribution in [1.29, 1.82) is 0 Å². The van der Waals surface area contributed by atoms with Crippen LogP contribution in [0.5, 0.6) is 0 Å². The topological polar surface area (TPSA) is 78.4 Å². The largest absolute Gasteiger partial charge is 0.465 e. The lowest BCUT2D eigenvalue weighted by atomic mass is 10.0. The number of hydrogen-bond acceptors (Lipinski definition) is 2. The van der Waals surface area contributed by atoms with Gasteiger partial charge in [0, 0.05) is 18.2 Å². The highest BCUT2D eigenvalue weighted by atomic mass is 35.5. The number of carbonyl (C=O) groups is 2. The summed E-state index contributed by atoms with van der Waals surface area (Å²) >= 11 is 5.67. The number of amides is 2. The molecule has 0 heterocycles. The first kappa shape index (κ1) is 15.6. The van der Waals surface area contributed by atoms with E-state index in [2.05, 4.69) is 10.6 Å². The standard InChI is InChI=1S/C14H16ClFN2O3/c15-10-5-1-3-8(12(10)16)7-17-13(19)9-4-2-6-11(9)18-14(20)21/h1,3,5,9,11,18H,2,4,6-7H2,(H,17,19)(H,20,21). The molecule has 1 aliphatic carbocycles. The average Bonchev–Trinajstić information content (AvgIpc) is 2.87. The second-order valence-corrected chi connectivity index (χ2v) is 5.43. The van der Waals surface area contributed by atoms with E-state index in [-0.39, 0.29) is 23.5 Å². The zero-order valence-electron chi connectivity index (χ0n) is 11.2. The maximum atomic E-state index is 13.7. The number of hydrogen-bond donors (Lipinski definition) is 3. The smallest absolute Gasteiger partial charge is 0.404 e. The predicted octanol–water partition coefficient (Wildman–Crippen LogP) is 2.53. The van der Waals surface area contributed by atoms with E-state index in [1.807, 2.05) is 0 Å². The number of carbonyl (C=O) groups excluding carboxylic acids is 1. The van der Waals surface area contributed by atoms with Gasteiger partial charge in [0.25, 0.3) is 0 Å². The first-order valence-corrected chi connectivity index (χ1v) is 7.07. The highest BCUT2D eigenvalue weighted by Crippen LogP contribution is 2.26. The van der Waals surface area contributed by atoms with Crippen molar-refractivity contribution < 1.29 is 19.1 Å². The number of benzene rings is 1. The van der Waals surface area contributed by atoms with Crippen molar-refractivity contribution in [2.45, 2.75) is 31.8 Å². The molecule has 0 spiro atoms. The maximum Gasteiger partial charge on any atom is 0.404 e. The van der Waals surface area contributed by atoms with Gasteiger partial charge in [0.05, 0.1) is 10.9 Å². The van der Waals surface area contributed by atoms with Crippen molar-refractivity contribution in [3.05, 3.63) is 34.6 Å². The summed E-state index contributed by atoms with van der Waals surface area (Å²) in [5.41, 5.74) is 0.302. The van der Waals surface area contributed by atoms with Crippen LogP contribution in [0.25, 0.3) is 0 Å². The van der Waals surface area contributed by atoms with Gasteiger partial charge in [0.15, 0.2) is 0 Å². The average molecular weight is 315 g/mol. The monoisotopic (exact) mass is 314 g/mol. The Labute approximate surface area is 126 Å². The Hall–Kier alpha value is -1.82. The molecule has 7 heteroatoms. The van der Waals surface area contributed by atoms with E-state index < -0.39 is 17.8 Å². The molecule has 1 fully saturated rings. The molecule has 1 aromatic rings. The van der Waals surface area contributed by atoms with Gasteiger partial charge >= 0.3 is 6.09 Å². The highest BCUT2D eigenvalue weighted by Gasteiger charge is 2.33. The highest BCUT2D eigenvalue weighted by molar-refractivity contribution is 6.30. The van der Waals surface area contributed by atoms with Crippen molar-refractivity contribution in [1.82, 2.24) is 10.6 Å². The predicted molar refractivity (Wildman–Crippen MR) is 75.5 cm³/mol. The molecule has 2 atom stereocenters. The first-order chi connectivity index (χ1) is 9.99. The molecule has 2 unspecified atom stereocenters. The Balaban J connectivity index is 1.95. The molecule has 2 rings (SSSR count). The van der Waals surface area contributed by atoms with Crippen LogP contribution in [0.1, 0.15) is 24.8 Å². The summed E-state index contributed by atoms with van der Waals surface area (Å²) in [5.74, 6) is -1.24. The number of rotatable bonds is 4. The first-order valence-electron chi connectivity index (χ1n) is 6.69. The molecular formula is C14H16ClFN2O3. The summed E-state index contributed by atoms with van der Waals surface area (Å²) < 4.78 is 13.7. The molecule has 0 radical (unpaired) electrons. The third-order valence-corrected chi connectivity index (χ3v) is 3.94. The summed E-state index contributed by atoms with van der Waals surface area (Å²) in [4.78, 5) is 22.8. The summed E-state index contributed by atoms with van der Waals surface area (Å²) in [6.45, 7) is 0.0293. The number of carboxylic acid groups (broad SMARTS) is 1. The molecule has 3 N–H and O–H groups in total. The second kappa shape index (κ2) is 6.76. The van der Waals surface area contributed by atoms with Gasteiger partial charge in [0.2, 0.25) is 5.91 Å². The van der Waals surface area contributed by atoms with Gasteiger partial charge in [-0.3, -0.25) is 4.79 Å². The van der Waals surface area contributed by atoms with E-state index in [1.165, 1.54) is 6.07 Å². The lowest BCUT2D eigenvalue weighted by Gasteiger charge is -2.19. The fourth-order valence-corrected chi connectivity index (χ4v) is 2.80. The Morgan fingerprint density at radius 3 is 2.86 bits per heavy atom.